The van der Waals surface area contributed by atoms with Crippen molar-refractivity contribution in [3.63, 3.8) is 0 Å². The molecule has 1 heterocycles. The molecule has 8 heteroatoms. The Hall–Kier alpha value is -2.74. The van der Waals surface area contributed by atoms with Gasteiger partial charge in [-0.15, -0.1) is 11.3 Å². The molecule has 4 rings (SSSR count). The van der Waals surface area contributed by atoms with Crippen LogP contribution in [-0.4, -0.2) is 39.3 Å². The first-order chi connectivity index (χ1) is 16.1. The van der Waals surface area contributed by atoms with Crippen LogP contribution in [0.4, 0.5) is 11.4 Å². The van der Waals surface area contributed by atoms with Gasteiger partial charge in [-0.25, -0.2) is 0 Å². The average molecular weight is 486 g/mol. The number of hydrogen-bond donors (Lipinski definition) is 3. The zero-order chi connectivity index (χ0) is 23.2. The van der Waals surface area contributed by atoms with Gasteiger partial charge in [0.05, 0.1) is 19.4 Å². The molecule has 1 aromatic heterocycles. The van der Waals surface area contributed by atoms with Crippen molar-refractivity contribution in [3.05, 3.63) is 58.4 Å². The minimum absolute atomic E-state index is 0.188. The quantitative estimate of drug-likeness (QED) is 0.295. The summed E-state index contributed by atoms with van der Waals surface area (Å²) in [6.07, 6.45) is 3.50. The Bertz CT molecular complexity index is 1100. The molecule has 174 valence electrons. The van der Waals surface area contributed by atoms with E-state index in [-0.39, 0.29) is 5.91 Å². The highest BCUT2D eigenvalue weighted by Crippen LogP contribution is 2.36. The van der Waals surface area contributed by atoms with Gasteiger partial charge in [-0.05, 0) is 61.7 Å². The number of halogens is 1. The normalized spacial score (nSPS) is 12.9. The van der Waals surface area contributed by atoms with E-state index >= 15 is 0 Å². The molecule has 3 aromatic rings. The summed E-state index contributed by atoms with van der Waals surface area (Å²) in [5, 5.41) is 10.2. The minimum Gasteiger partial charge on any atom is -0.493 e. The first kappa shape index (κ1) is 23.4. The van der Waals surface area contributed by atoms with Gasteiger partial charge in [-0.3, -0.25) is 4.79 Å². The standard InChI is InChI=1S/C25H28ClN3O3S/c1-27-20-15-23(16-4-6-17(26)7-5-16)33-24(20)25(30)29-19-10-11-21(22(14-19)31-2)32-13-3-12-28-18-8-9-18/h4-7,10-11,14-15,18,27-28H,3,8-9,12-13H2,1-2H3,(H,29,30). The summed E-state index contributed by atoms with van der Waals surface area (Å²) in [6, 6.07) is 15.7. The van der Waals surface area contributed by atoms with Crippen LogP contribution in [0.5, 0.6) is 11.5 Å². The minimum atomic E-state index is -0.188. The smallest absolute Gasteiger partial charge is 0.267 e. The van der Waals surface area contributed by atoms with Gasteiger partial charge in [0, 0.05) is 34.7 Å². The van der Waals surface area contributed by atoms with E-state index in [9.17, 15) is 4.79 Å². The van der Waals surface area contributed by atoms with Crippen molar-refractivity contribution < 1.29 is 14.3 Å². The summed E-state index contributed by atoms with van der Waals surface area (Å²) >= 11 is 7.43. The van der Waals surface area contributed by atoms with Crippen LogP contribution in [0.3, 0.4) is 0 Å². The number of nitrogens with one attached hydrogen (secondary N) is 3. The number of benzene rings is 2. The van der Waals surface area contributed by atoms with E-state index in [0.717, 1.165) is 29.1 Å². The number of thiophene rings is 1. The number of carbonyl (C=O) groups excluding carboxylic acids is 1. The van der Waals surface area contributed by atoms with E-state index in [4.69, 9.17) is 21.1 Å². The van der Waals surface area contributed by atoms with Crippen molar-refractivity contribution in [2.75, 3.05) is 37.9 Å². The van der Waals surface area contributed by atoms with Crippen LogP contribution in [0, 0.1) is 0 Å². The Morgan fingerprint density at radius 3 is 2.61 bits per heavy atom. The molecule has 3 N–H and O–H groups in total. The fourth-order valence-corrected chi connectivity index (χ4v) is 4.59. The topological polar surface area (TPSA) is 71.6 Å². The van der Waals surface area contributed by atoms with Crippen molar-refractivity contribution in [2.45, 2.75) is 25.3 Å². The number of methoxy groups -OCH3 is 1. The van der Waals surface area contributed by atoms with Crippen LogP contribution in [-0.2, 0) is 0 Å². The van der Waals surface area contributed by atoms with E-state index in [2.05, 4.69) is 16.0 Å². The molecule has 0 spiro atoms. The molecule has 2 aromatic carbocycles. The zero-order valence-corrected chi connectivity index (χ0v) is 20.3. The van der Waals surface area contributed by atoms with Crippen molar-refractivity contribution in [3.8, 4) is 21.9 Å². The van der Waals surface area contributed by atoms with Crippen LogP contribution >= 0.6 is 22.9 Å². The summed E-state index contributed by atoms with van der Waals surface area (Å²) in [6.45, 7) is 1.56. The lowest BCUT2D eigenvalue weighted by Gasteiger charge is -2.13. The molecule has 6 nitrogen and oxygen atoms in total. The van der Waals surface area contributed by atoms with Crippen molar-refractivity contribution in [1.29, 1.82) is 0 Å². The molecule has 0 unspecified atom stereocenters. The van der Waals surface area contributed by atoms with Gasteiger partial charge in [-0.1, -0.05) is 23.7 Å². The maximum Gasteiger partial charge on any atom is 0.267 e. The molecule has 0 aliphatic heterocycles. The zero-order valence-electron chi connectivity index (χ0n) is 18.7. The molecule has 0 atom stereocenters. The summed E-state index contributed by atoms with van der Waals surface area (Å²) in [7, 11) is 3.40. The lowest BCUT2D eigenvalue weighted by molar-refractivity contribution is 0.103. The third-order valence-corrected chi connectivity index (χ3v) is 6.78. The fraction of sp³-hybridized carbons (Fsp3) is 0.320. The Morgan fingerprint density at radius 2 is 1.91 bits per heavy atom. The monoisotopic (exact) mass is 485 g/mol. The molecular formula is C25H28ClN3O3S. The molecule has 1 amide bonds. The molecular weight excluding hydrogens is 458 g/mol. The predicted octanol–water partition coefficient (Wildman–Crippen LogP) is 5.89. The molecule has 0 bridgehead atoms. The van der Waals surface area contributed by atoms with Gasteiger partial charge < -0.3 is 25.4 Å². The van der Waals surface area contributed by atoms with Gasteiger partial charge in [0.15, 0.2) is 11.5 Å². The number of anilines is 2. The molecule has 1 aliphatic rings. The third-order valence-electron chi connectivity index (χ3n) is 5.35. The second kappa shape index (κ2) is 10.9. The van der Waals surface area contributed by atoms with Crippen LogP contribution < -0.4 is 25.4 Å². The summed E-state index contributed by atoms with van der Waals surface area (Å²) in [4.78, 5) is 14.6. The first-order valence-corrected chi connectivity index (χ1v) is 12.2. The Kier molecular flexibility index (Phi) is 7.75. The summed E-state index contributed by atoms with van der Waals surface area (Å²) in [5.41, 5.74) is 2.42. The largest absolute Gasteiger partial charge is 0.493 e. The average Bonchev–Trinajstić information content (AvgIpc) is 3.55. The van der Waals surface area contributed by atoms with E-state index in [1.807, 2.05) is 42.5 Å². The van der Waals surface area contributed by atoms with Gasteiger partial charge in [0.25, 0.3) is 5.91 Å². The Balaban J connectivity index is 1.41. The molecule has 1 aliphatic carbocycles. The third kappa shape index (κ3) is 6.19. The fourth-order valence-electron chi connectivity index (χ4n) is 3.40. The SMILES string of the molecule is CNc1cc(-c2ccc(Cl)cc2)sc1C(=O)Nc1ccc(OCCCNC2CC2)c(OC)c1. The Labute approximate surface area is 203 Å². The maximum absolute atomic E-state index is 13.0. The first-order valence-electron chi connectivity index (χ1n) is 11.0. The van der Waals surface area contributed by atoms with Crippen LogP contribution in [0.25, 0.3) is 10.4 Å². The van der Waals surface area contributed by atoms with E-state index in [1.54, 1.807) is 20.2 Å². The molecule has 33 heavy (non-hydrogen) atoms. The van der Waals surface area contributed by atoms with Gasteiger partial charge in [-0.2, -0.15) is 0 Å². The highest BCUT2D eigenvalue weighted by molar-refractivity contribution is 7.18. The number of ether oxygens (including phenoxy) is 2. The highest BCUT2D eigenvalue weighted by atomic mass is 35.5. The van der Waals surface area contributed by atoms with E-state index in [0.29, 0.717) is 39.7 Å². The molecule has 1 fully saturated rings. The second-order valence-corrected chi connectivity index (χ2v) is 9.35. The highest BCUT2D eigenvalue weighted by Gasteiger charge is 2.20. The van der Waals surface area contributed by atoms with Crippen molar-refractivity contribution >= 4 is 40.2 Å². The number of carbonyl (C=O) groups is 1. The number of hydrogen-bond acceptors (Lipinski definition) is 6. The molecule has 1 saturated carbocycles. The summed E-state index contributed by atoms with van der Waals surface area (Å²) < 4.78 is 11.4. The maximum atomic E-state index is 13.0. The van der Waals surface area contributed by atoms with Crippen LogP contribution in [0.15, 0.2) is 48.5 Å². The van der Waals surface area contributed by atoms with Gasteiger partial charge in [0.2, 0.25) is 0 Å². The van der Waals surface area contributed by atoms with Crippen molar-refractivity contribution in [1.82, 2.24) is 5.32 Å². The lowest BCUT2D eigenvalue weighted by atomic mass is 10.2. The predicted molar refractivity (Wildman–Crippen MR) is 136 cm³/mol. The van der Waals surface area contributed by atoms with Crippen LogP contribution in [0.2, 0.25) is 5.02 Å². The summed E-state index contributed by atoms with van der Waals surface area (Å²) in [5.74, 6) is 1.07. The second-order valence-electron chi connectivity index (χ2n) is 7.86. The number of rotatable bonds is 11. The van der Waals surface area contributed by atoms with Gasteiger partial charge in [0.1, 0.15) is 4.88 Å². The molecule has 0 saturated heterocycles. The van der Waals surface area contributed by atoms with Gasteiger partial charge >= 0.3 is 0 Å². The lowest BCUT2D eigenvalue weighted by Crippen LogP contribution is -2.19. The van der Waals surface area contributed by atoms with Crippen molar-refractivity contribution in [2.24, 2.45) is 0 Å². The molecule has 0 radical (unpaired) electrons. The number of amides is 1. The Morgan fingerprint density at radius 1 is 1.12 bits per heavy atom. The van der Waals surface area contributed by atoms with E-state index in [1.165, 1.54) is 24.2 Å². The van der Waals surface area contributed by atoms with E-state index < -0.39 is 0 Å². The van der Waals surface area contributed by atoms with Crippen LogP contribution in [0.1, 0.15) is 28.9 Å².